The van der Waals surface area contributed by atoms with Gasteiger partial charge in [-0.05, 0) is 11.6 Å². The average molecular weight is 199 g/mol. The fraction of sp³-hybridized carbons (Fsp3) is 0.167. The lowest BCUT2D eigenvalue weighted by atomic mass is 9.94. The molecular formula is C12H9NO2. The topological polar surface area (TPSA) is 37.4 Å². The molecule has 1 amide bonds. The quantitative estimate of drug-likeness (QED) is 0.598. The molecule has 3 rings (SSSR count). The Bertz CT molecular complexity index is 516. The van der Waals surface area contributed by atoms with Crippen LogP contribution in [0.2, 0.25) is 0 Å². The van der Waals surface area contributed by atoms with Crippen LogP contribution >= 0.6 is 0 Å². The number of allylic oxidation sites excluding steroid dienone is 1. The van der Waals surface area contributed by atoms with Gasteiger partial charge in [0.05, 0.1) is 11.3 Å². The third kappa shape index (κ3) is 0.897. The van der Waals surface area contributed by atoms with E-state index in [2.05, 4.69) is 6.92 Å². The maximum atomic E-state index is 11.6. The number of hydrogen-bond donors (Lipinski definition) is 0. The zero-order valence-electron chi connectivity index (χ0n) is 8.23. The van der Waals surface area contributed by atoms with E-state index in [1.807, 2.05) is 18.2 Å². The van der Waals surface area contributed by atoms with E-state index in [9.17, 15) is 9.59 Å². The Morgan fingerprint density at radius 1 is 1.27 bits per heavy atom. The molecule has 2 aliphatic heterocycles. The van der Waals surface area contributed by atoms with E-state index < -0.39 is 11.7 Å². The molecule has 1 aromatic rings. The number of carbonyl (C=O) groups is 2. The molecule has 2 heterocycles. The highest BCUT2D eigenvalue weighted by molar-refractivity contribution is 6.53. The van der Waals surface area contributed by atoms with Crippen LogP contribution in [0.1, 0.15) is 28.8 Å². The largest absolute Gasteiger partial charge is 0.303 e. The molecule has 74 valence electrons. The minimum atomic E-state index is -0.444. The molecule has 0 saturated carbocycles. The van der Waals surface area contributed by atoms with Crippen LogP contribution in [-0.4, -0.2) is 11.7 Å². The Hall–Kier alpha value is -1.90. The van der Waals surface area contributed by atoms with Crippen LogP contribution in [0.25, 0.3) is 0 Å². The second-order valence-corrected chi connectivity index (χ2v) is 3.88. The molecule has 1 atom stereocenters. The third-order valence-corrected chi connectivity index (χ3v) is 2.98. The normalized spacial score (nSPS) is 22.2. The van der Waals surface area contributed by atoms with Gasteiger partial charge in [-0.25, -0.2) is 0 Å². The zero-order chi connectivity index (χ0) is 10.6. The predicted octanol–water partition coefficient (Wildman–Crippen LogP) is 1.85. The Kier molecular flexibility index (Phi) is 1.44. The number of para-hydroxylation sites is 1. The van der Waals surface area contributed by atoms with Gasteiger partial charge in [0.1, 0.15) is 0 Å². The minimum Gasteiger partial charge on any atom is -0.283 e. The molecule has 0 bridgehead atoms. The van der Waals surface area contributed by atoms with Crippen LogP contribution in [0.3, 0.4) is 0 Å². The summed E-state index contributed by atoms with van der Waals surface area (Å²) in [4.78, 5) is 24.7. The SMILES string of the molecule is CC1C=CN2C(=O)C(=O)c3cccc1c32. The maximum absolute atomic E-state index is 11.6. The van der Waals surface area contributed by atoms with Crippen LogP contribution in [0.15, 0.2) is 30.5 Å². The van der Waals surface area contributed by atoms with Crippen molar-refractivity contribution in [3.05, 3.63) is 41.6 Å². The first-order valence-corrected chi connectivity index (χ1v) is 4.89. The molecule has 2 aliphatic rings. The number of ketones is 1. The van der Waals surface area contributed by atoms with Gasteiger partial charge in [0.25, 0.3) is 5.78 Å². The van der Waals surface area contributed by atoms with Crippen LogP contribution in [0.5, 0.6) is 0 Å². The number of amides is 1. The van der Waals surface area contributed by atoms with E-state index in [0.29, 0.717) is 5.56 Å². The van der Waals surface area contributed by atoms with Crippen LogP contribution in [-0.2, 0) is 4.79 Å². The van der Waals surface area contributed by atoms with Crippen molar-refractivity contribution < 1.29 is 9.59 Å². The number of rotatable bonds is 0. The second kappa shape index (κ2) is 2.57. The summed E-state index contributed by atoms with van der Waals surface area (Å²) < 4.78 is 0. The standard InChI is InChI=1S/C12H9NO2/c1-7-5-6-13-10-8(7)3-2-4-9(10)11(14)12(13)15/h2-7H,1H3. The molecule has 0 N–H and O–H groups in total. The monoisotopic (exact) mass is 199 g/mol. The molecule has 0 aromatic heterocycles. The van der Waals surface area contributed by atoms with Gasteiger partial charge in [-0.15, -0.1) is 0 Å². The predicted molar refractivity (Wildman–Crippen MR) is 55.8 cm³/mol. The third-order valence-electron chi connectivity index (χ3n) is 2.98. The summed E-state index contributed by atoms with van der Waals surface area (Å²) in [6, 6.07) is 5.51. The van der Waals surface area contributed by atoms with E-state index in [1.165, 1.54) is 4.90 Å². The van der Waals surface area contributed by atoms with Crippen molar-refractivity contribution in [3.8, 4) is 0 Å². The maximum Gasteiger partial charge on any atom is 0.303 e. The first-order chi connectivity index (χ1) is 7.20. The van der Waals surface area contributed by atoms with Gasteiger partial charge in [0.15, 0.2) is 0 Å². The first-order valence-electron chi connectivity index (χ1n) is 4.89. The summed E-state index contributed by atoms with van der Waals surface area (Å²) in [5.41, 5.74) is 2.37. The summed E-state index contributed by atoms with van der Waals surface area (Å²) in [5.74, 6) is -0.582. The van der Waals surface area contributed by atoms with E-state index in [4.69, 9.17) is 0 Å². The molecule has 15 heavy (non-hydrogen) atoms. The molecule has 1 unspecified atom stereocenters. The van der Waals surface area contributed by atoms with Crippen molar-refractivity contribution in [2.24, 2.45) is 0 Å². The number of hydrogen-bond acceptors (Lipinski definition) is 2. The Balaban J connectivity index is 2.36. The lowest BCUT2D eigenvalue weighted by Crippen LogP contribution is -2.26. The van der Waals surface area contributed by atoms with Gasteiger partial charge in [0.2, 0.25) is 0 Å². The van der Waals surface area contributed by atoms with Gasteiger partial charge >= 0.3 is 5.91 Å². The molecule has 0 radical (unpaired) electrons. The van der Waals surface area contributed by atoms with E-state index in [1.54, 1.807) is 12.3 Å². The highest BCUT2D eigenvalue weighted by Gasteiger charge is 2.38. The van der Waals surface area contributed by atoms with Crippen molar-refractivity contribution in [1.82, 2.24) is 0 Å². The molecule has 0 aliphatic carbocycles. The number of anilines is 1. The summed E-state index contributed by atoms with van der Waals surface area (Å²) in [6.07, 6.45) is 3.63. The molecule has 0 fully saturated rings. The van der Waals surface area contributed by atoms with Crippen molar-refractivity contribution in [2.45, 2.75) is 12.8 Å². The van der Waals surface area contributed by atoms with Crippen molar-refractivity contribution in [2.75, 3.05) is 4.90 Å². The van der Waals surface area contributed by atoms with Crippen molar-refractivity contribution >= 4 is 17.4 Å². The zero-order valence-corrected chi connectivity index (χ0v) is 8.23. The highest BCUT2D eigenvalue weighted by atomic mass is 16.2. The molecule has 0 saturated heterocycles. The van der Waals surface area contributed by atoms with Crippen LogP contribution in [0, 0.1) is 0 Å². The molecule has 1 aromatic carbocycles. The van der Waals surface area contributed by atoms with E-state index in [-0.39, 0.29) is 5.92 Å². The highest BCUT2D eigenvalue weighted by Crippen LogP contribution is 2.40. The van der Waals surface area contributed by atoms with Gasteiger partial charge in [-0.3, -0.25) is 14.5 Å². The Morgan fingerprint density at radius 2 is 2.07 bits per heavy atom. The summed E-state index contributed by atoms with van der Waals surface area (Å²) >= 11 is 0. The van der Waals surface area contributed by atoms with Gasteiger partial charge in [-0.2, -0.15) is 0 Å². The first kappa shape index (κ1) is 8.41. The Morgan fingerprint density at radius 3 is 2.87 bits per heavy atom. The summed E-state index contributed by atoms with van der Waals surface area (Å²) in [6.45, 7) is 2.05. The number of nitrogens with zero attached hydrogens (tertiary/aromatic N) is 1. The van der Waals surface area contributed by atoms with E-state index in [0.717, 1.165) is 11.3 Å². The lowest BCUT2D eigenvalue weighted by molar-refractivity contribution is -0.113. The van der Waals surface area contributed by atoms with Crippen LogP contribution < -0.4 is 4.90 Å². The van der Waals surface area contributed by atoms with Gasteiger partial charge < -0.3 is 0 Å². The average Bonchev–Trinajstić information content (AvgIpc) is 2.50. The second-order valence-electron chi connectivity index (χ2n) is 3.88. The molecule has 3 heteroatoms. The molecule has 0 spiro atoms. The number of Topliss-reactive ketones (excluding diaryl/α,β-unsaturated/α-hetero) is 1. The van der Waals surface area contributed by atoms with Crippen molar-refractivity contribution in [1.29, 1.82) is 0 Å². The lowest BCUT2D eigenvalue weighted by Gasteiger charge is -2.22. The van der Waals surface area contributed by atoms with E-state index >= 15 is 0 Å². The van der Waals surface area contributed by atoms with Crippen LogP contribution in [0.4, 0.5) is 5.69 Å². The number of benzene rings is 1. The van der Waals surface area contributed by atoms with Gasteiger partial charge in [0, 0.05) is 12.1 Å². The fourth-order valence-electron chi connectivity index (χ4n) is 2.17. The summed E-state index contributed by atoms with van der Waals surface area (Å²) in [7, 11) is 0. The van der Waals surface area contributed by atoms with Crippen molar-refractivity contribution in [3.63, 3.8) is 0 Å². The fourth-order valence-corrected chi connectivity index (χ4v) is 2.17. The smallest absolute Gasteiger partial charge is 0.283 e. The van der Waals surface area contributed by atoms with Gasteiger partial charge in [-0.1, -0.05) is 25.1 Å². The minimum absolute atomic E-state index is 0.259. The Labute approximate surface area is 87.0 Å². The molecule has 3 nitrogen and oxygen atoms in total. The molecular weight excluding hydrogens is 190 g/mol. The summed E-state index contributed by atoms with van der Waals surface area (Å²) in [5, 5.41) is 0. The number of carbonyl (C=O) groups excluding carboxylic acids is 2.